The maximum Gasteiger partial charge on any atom is 0.177 e. The third kappa shape index (κ3) is 2.04. The molecule has 108 valence electrons. The van der Waals surface area contributed by atoms with Gasteiger partial charge in [0.1, 0.15) is 12.1 Å². The van der Waals surface area contributed by atoms with Crippen LogP contribution in [0.2, 0.25) is 0 Å². The number of aromatic nitrogens is 6. The van der Waals surface area contributed by atoms with Crippen molar-refractivity contribution >= 4 is 11.5 Å². The summed E-state index contributed by atoms with van der Waals surface area (Å²) in [5, 5.41) is 12.4. The Bertz CT molecular complexity index is 765. The highest BCUT2D eigenvalue weighted by molar-refractivity contribution is 5.45. The predicted molar refractivity (Wildman–Crippen MR) is 75.0 cm³/mol. The highest BCUT2D eigenvalue weighted by atomic mass is 16.5. The zero-order valence-corrected chi connectivity index (χ0v) is 11.6. The molecule has 0 N–H and O–H groups in total. The summed E-state index contributed by atoms with van der Waals surface area (Å²) < 4.78 is 9.19. The highest BCUT2D eigenvalue weighted by Crippen LogP contribution is 2.25. The van der Waals surface area contributed by atoms with Crippen LogP contribution in [-0.2, 0) is 11.3 Å². The Morgan fingerprint density at radius 1 is 1.33 bits per heavy atom. The first-order chi connectivity index (χ1) is 10.3. The van der Waals surface area contributed by atoms with Gasteiger partial charge in [-0.05, 0) is 12.1 Å². The van der Waals surface area contributed by atoms with Crippen LogP contribution in [0.1, 0.15) is 11.7 Å². The molecule has 0 radical (unpaired) electrons. The largest absolute Gasteiger partial charge is 0.382 e. The van der Waals surface area contributed by atoms with E-state index >= 15 is 0 Å². The molecular formula is C13H15N7O. The van der Waals surface area contributed by atoms with E-state index in [1.807, 2.05) is 24.7 Å². The minimum Gasteiger partial charge on any atom is -0.382 e. The number of imidazole rings is 1. The van der Waals surface area contributed by atoms with Gasteiger partial charge in [-0.2, -0.15) is 4.52 Å². The van der Waals surface area contributed by atoms with Crippen molar-refractivity contribution in [3.8, 4) is 0 Å². The molecule has 0 aromatic carbocycles. The van der Waals surface area contributed by atoms with Crippen LogP contribution < -0.4 is 4.90 Å². The number of rotatable bonds is 3. The van der Waals surface area contributed by atoms with Gasteiger partial charge in [-0.25, -0.2) is 4.98 Å². The van der Waals surface area contributed by atoms with Crippen molar-refractivity contribution < 1.29 is 4.74 Å². The molecule has 8 nitrogen and oxygen atoms in total. The van der Waals surface area contributed by atoms with Gasteiger partial charge in [0.05, 0.1) is 31.2 Å². The molecule has 0 aliphatic carbocycles. The van der Waals surface area contributed by atoms with Crippen molar-refractivity contribution in [2.45, 2.75) is 12.6 Å². The van der Waals surface area contributed by atoms with E-state index in [0.717, 1.165) is 30.2 Å². The molecule has 1 aliphatic rings. The van der Waals surface area contributed by atoms with Crippen LogP contribution in [-0.4, -0.2) is 49.6 Å². The summed E-state index contributed by atoms with van der Waals surface area (Å²) in [4.78, 5) is 6.46. The molecule has 4 heterocycles. The normalized spacial score (nSPS) is 18.1. The van der Waals surface area contributed by atoms with E-state index in [2.05, 4.69) is 29.7 Å². The fraction of sp³-hybridized carbons (Fsp3) is 0.385. The molecule has 1 aliphatic heterocycles. The lowest BCUT2D eigenvalue weighted by molar-refractivity contribution is 0.151. The average molecular weight is 285 g/mol. The van der Waals surface area contributed by atoms with Crippen molar-refractivity contribution in [3.63, 3.8) is 0 Å². The average Bonchev–Trinajstić information content (AvgIpc) is 3.15. The summed E-state index contributed by atoms with van der Waals surface area (Å²) in [6.07, 6.45) is 5.37. The lowest BCUT2D eigenvalue weighted by Crippen LogP contribution is -2.39. The standard InChI is InChI=1S/C13H15N7O/c1-21-7-11-6-18(5-10-4-14-8-19(10)11)13-3-2-12-16-15-9-20(12)17-13/h2-4,8-9,11H,5-7H2,1H3. The smallest absolute Gasteiger partial charge is 0.177 e. The van der Waals surface area contributed by atoms with Gasteiger partial charge in [-0.15, -0.1) is 15.3 Å². The van der Waals surface area contributed by atoms with Crippen molar-refractivity contribution in [2.24, 2.45) is 0 Å². The molecule has 0 saturated carbocycles. The minimum absolute atomic E-state index is 0.236. The van der Waals surface area contributed by atoms with Crippen molar-refractivity contribution in [1.29, 1.82) is 0 Å². The number of hydrogen-bond donors (Lipinski definition) is 0. The Morgan fingerprint density at radius 2 is 2.29 bits per heavy atom. The monoisotopic (exact) mass is 285 g/mol. The molecule has 4 rings (SSSR count). The van der Waals surface area contributed by atoms with E-state index in [-0.39, 0.29) is 6.04 Å². The second-order valence-electron chi connectivity index (χ2n) is 5.11. The topological polar surface area (TPSA) is 73.4 Å². The minimum atomic E-state index is 0.236. The Labute approximate surface area is 121 Å². The molecule has 21 heavy (non-hydrogen) atoms. The van der Waals surface area contributed by atoms with Crippen molar-refractivity contribution in [3.05, 3.63) is 36.7 Å². The van der Waals surface area contributed by atoms with Gasteiger partial charge in [-0.1, -0.05) is 0 Å². The summed E-state index contributed by atoms with van der Waals surface area (Å²) in [6, 6.07) is 4.13. The third-order valence-corrected chi connectivity index (χ3v) is 3.75. The molecule has 0 fully saturated rings. The van der Waals surface area contributed by atoms with Gasteiger partial charge in [-0.3, -0.25) is 0 Å². The van der Waals surface area contributed by atoms with E-state index < -0.39 is 0 Å². The Balaban J connectivity index is 1.69. The van der Waals surface area contributed by atoms with E-state index in [4.69, 9.17) is 4.74 Å². The summed E-state index contributed by atoms with van der Waals surface area (Å²) in [7, 11) is 1.72. The molecule has 1 atom stereocenters. The van der Waals surface area contributed by atoms with Crippen LogP contribution in [0.5, 0.6) is 0 Å². The second-order valence-corrected chi connectivity index (χ2v) is 5.11. The van der Waals surface area contributed by atoms with Gasteiger partial charge in [0.2, 0.25) is 0 Å². The maximum absolute atomic E-state index is 5.33. The summed E-state index contributed by atoms with van der Waals surface area (Å²) in [6.45, 7) is 2.26. The summed E-state index contributed by atoms with van der Waals surface area (Å²) in [5.74, 6) is 0.899. The molecule has 3 aromatic rings. The SMILES string of the molecule is COCC1CN(c2ccc3nncn3n2)Cc2cncn21. The van der Waals surface area contributed by atoms with Gasteiger partial charge >= 0.3 is 0 Å². The van der Waals surface area contributed by atoms with Crippen LogP contribution in [0.4, 0.5) is 5.82 Å². The molecule has 0 spiro atoms. The third-order valence-electron chi connectivity index (χ3n) is 3.75. The van der Waals surface area contributed by atoms with Crippen molar-refractivity contribution in [2.75, 3.05) is 25.2 Å². The Morgan fingerprint density at radius 3 is 3.19 bits per heavy atom. The summed E-state index contributed by atoms with van der Waals surface area (Å²) >= 11 is 0. The molecule has 0 bridgehead atoms. The van der Waals surface area contributed by atoms with Gasteiger partial charge in [0.15, 0.2) is 5.65 Å². The summed E-state index contributed by atoms with van der Waals surface area (Å²) in [5.41, 5.74) is 1.91. The van der Waals surface area contributed by atoms with Crippen LogP contribution in [0.3, 0.4) is 0 Å². The number of methoxy groups -OCH3 is 1. The highest BCUT2D eigenvalue weighted by Gasteiger charge is 2.26. The Hall–Kier alpha value is -2.48. The fourth-order valence-corrected chi connectivity index (χ4v) is 2.77. The van der Waals surface area contributed by atoms with Gasteiger partial charge < -0.3 is 14.2 Å². The second kappa shape index (κ2) is 4.81. The zero-order chi connectivity index (χ0) is 14.2. The first-order valence-electron chi connectivity index (χ1n) is 6.77. The van der Waals surface area contributed by atoms with E-state index in [1.165, 1.54) is 0 Å². The number of anilines is 1. The van der Waals surface area contributed by atoms with Gasteiger partial charge in [0.25, 0.3) is 0 Å². The number of nitrogens with zero attached hydrogens (tertiary/aromatic N) is 7. The molecule has 0 saturated heterocycles. The number of hydrogen-bond acceptors (Lipinski definition) is 6. The molecule has 0 amide bonds. The van der Waals surface area contributed by atoms with Crippen LogP contribution in [0.25, 0.3) is 5.65 Å². The zero-order valence-electron chi connectivity index (χ0n) is 11.6. The van der Waals surface area contributed by atoms with Gasteiger partial charge in [0, 0.05) is 19.9 Å². The van der Waals surface area contributed by atoms with E-state index in [9.17, 15) is 0 Å². The van der Waals surface area contributed by atoms with Crippen LogP contribution in [0.15, 0.2) is 31.0 Å². The molecular weight excluding hydrogens is 270 g/mol. The Kier molecular flexibility index (Phi) is 2.81. The molecule has 1 unspecified atom stereocenters. The lowest BCUT2D eigenvalue weighted by Gasteiger charge is -2.34. The predicted octanol–water partition coefficient (Wildman–Crippen LogP) is 0.528. The first kappa shape index (κ1) is 12.3. The maximum atomic E-state index is 5.33. The number of fused-ring (bicyclic) bond motifs is 2. The van der Waals surface area contributed by atoms with Crippen LogP contribution in [0, 0.1) is 0 Å². The van der Waals surface area contributed by atoms with Crippen LogP contribution >= 0.6 is 0 Å². The van der Waals surface area contributed by atoms with E-state index in [1.54, 1.807) is 18.0 Å². The lowest BCUT2D eigenvalue weighted by atomic mass is 10.2. The quantitative estimate of drug-likeness (QED) is 0.699. The van der Waals surface area contributed by atoms with E-state index in [0.29, 0.717) is 6.61 Å². The fourth-order valence-electron chi connectivity index (χ4n) is 2.77. The van der Waals surface area contributed by atoms with Crippen molar-refractivity contribution in [1.82, 2.24) is 29.4 Å². The molecule has 8 heteroatoms. The molecule has 3 aromatic heterocycles. The number of ether oxygens (including phenoxy) is 1. The first-order valence-corrected chi connectivity index (χ1v) is 6.77.